The molecule has 0 aliphatic heterocycles. The van der Waals surface area contributed by atoms with Crippen molar-refractivity contribution in [2.75, 3.05) is 0 Å². The highest BCUT2D eigenvalue weighted by atomic mass is 32.1. The van der Waals surface area contributed by atoms with Gasteiger partial charge < -0.3 is 10.0 Å². The van der Waals surface area contributed by atoms with Crippen LogP contribution < -0.4 is 0 Å². The molecule has 2 rings (SSSR count). The van der Waals surface area contributed by atoms with Gasteiger partial charge in [-0.25, -0.2) is 4.79 Å². The lowest BCUT2D eigenvalue weighted by atomic mass is 10.1. The number of carboxylic acid groups (broad SMARTS) is 1. The van der Waals surface area contributed by atoms with E-state index >= 15 is 0 Å². The lowest BCUT2D eigenvalue weighted by Gasteiger charge is -2.26. The Labute approximate surface area is 127 Å². The molecule has 0 bridgehead atoms. The van der Waals surface area contributed by atoms with Gasteiger partial charge in [0.1, 0.15) is 0 Å². The van der Waals surface area contributed by atoms with Gasteiger partial charge in [-0.15, -0.1) is 11.3 Å². The van der Waals surface area contributed by atoms with Crippen LogP contribution in [0, 0.1) is 0 Å². The number of aromatic carboxylic acids is 1. The van der Waals surface area contributed by atoms with Crippen LogP contribution >= 0.6 is 11.3 Å². The van der Waals surface area contributed by atoms with Crippen molar-refractivity contribution in [3.8, 4) is 0 Å². The van der Waals surface area contributed by atoms with E-state index in [1.165, 1.54) is 12.1 Å². The maximum absolute atomic E-state index is 12.6. The van der Waals surface area contributed by atoms with Gasteiger partial charge in [0, 0.05) is 16.5 Å². The van der Waals surface area contributed by atoms with E-state index in [-0.39, 0.29) is 17.5 Å². The third-order valence-electron chi connectivity index (χ3n) is 3.15. The number of thiophene rings is 1. The molecule has 2 aromatic rings. The van der Waals surface area contributed by atoms with E-state index in [2.05, 4.69) is 0 Å². The van der Waals surface area contributed by atoms with E-state index in [1.54, 1.807) is 28.4 Å². The van der Waals surface area contributed by atoms with Gasteiger partial charge in [-0.2, -0.15) is 0 Å². The second kappa shape index (κ2) is 6.54. The van der Waals surface area contributed by atoms with Crippen LogP contribution in [0.4, 0.5) is 0 Å². The second-order valence-corrected chi connectivity index (χ2v) is 6.02. The highest BCUT2D eigenvalue weighted by Crippen LogP contribution is 2.17. The Morgan fingerprint density at radius 1 is 1.19 bits per heavy atom. The van der Waals surface area contributed by atoms with E-state index < -0.39 is 5.97 Å². The monoisotopic (exact) mass is 303 g/mol. The Morgan fingerprint density at radius 2 is 1.90 bits per heavy atom. The number of carbonyl (C=O) groups is 2. The molecule has 0 saturated carbocycles. The first kappa shape index (κ1) is 15.3. The van der Waals surface area contributed by atoms with E-state index in [4.69, 9.17) is 5.11 Å². The smallest absolute Gasteiger partial charge is 0.335 e. The van der Waals surface area contributed by atoms with Crippen molar-refractivity contribution >= 4 is 23.2 Å². The van der Waals surface area contributed by atoms with Gasteiger partial charge in [-0.1, -0.05) is 12.1 Å². The summed E-state index contributed by atoms with van der Waals surface area (Å²) >= 11 is 1.60. The molecule has 1 aromatic carbocycles. The highest BCUT2D eigenvalue weighted by molar-refractivity contribution is 7.09. The average Bonchev–Trinajstić information content (AvgIpc) is 2.97. The predicted octanol–water partition coefficient (Wildman–Crippen LogP) is 3.50. The Balaban J connectivity index is 2.26. The van der Waals surface area contributed by atoms with Crippen LogP contribution in [0.1, 0.15) is 39.4 Å². The third-order valence-corrected chi connectivity index (χ3v) is 4.01. The molecule has 0 spiro atoms. The lowest BCUT2D eigenvalue weighted by molar-refractivity contribution is 0.0692. The van der Waals surface area contributed by atoms with Crippen LogP contribution in [0.5, 0.6) is 0 Å². The number of nitrogens with zero attached hydrogens (tertiary/aromatic N) is 1. The SMILES string of the molecule is CC(C)N(Cc1cccs1)C(=O)c1cccc(C(=O)O)c1. The summed E-state index contributed by atoms with van der Waals surface area (Å²) in [5.41, 5.74) is 0.529. The molecule has 1 aromatic heterocycles. The zero-order valence-corrected chi connectivity index (χ0v) is 12.8. The molecule has 1 N–H and O–H groups in total. The molecule has 1 amide bonds. The van der Waals surface area contributed by atoms with Crippen molar-refractivity contribution in [3.63, 3.8) is 0 Å². The van der Waals surface area contributed by atoms with Crippen LogP contribution in [-0.4, -0.2) is 27.9 Å². The van der Waals surface area contributed by atoms with Crippen molar-refractivity contribution in [3.05, 3.63) is 57.8 Å². The number of rotatable bonds is 5. The number of hydrogen-bond donors (Lipinski definition) is 1. The molecule has 0 radical (unpaired) electrons. The molecule has 0 unspecified atom stereocenters. The Hall–Kier alpha value is -2.14. The molecule has 21 heavy (non-hydrogen) atoms. The number of carboxylic acids is 1. The Kier molecular flexibility index (Phi) is 4.75. The van der Waals surface area contributed by atoms with Gasteiger partial charge >= 0.3 is 5.97 Å². The molecule has 5 heteroatoms. The maximum atomic E-state index is 12.6. The molecule has 0 fully saturated rings. The van der Waals surface area contributed by atoms with Crippen molar-refractivity contribution < 1.29 is 14.7 Å². The van der Waals surface area contributed by atoms with Crippen molar-refractivity contribution in [2.24, 2.45) is 0 Å². The first-order valence-electron chi connectivity index (χ1n) is 6.65. The van der Waals surface area contributed by atoms with Gasteiger partial charge in [-0.05, 0) is 43.5 Å². The molecule has 4 nitrogen and oxygen atoms in total. The summed E-state index contributed by atoms with van der Waals surface area (Å²) in [5.74, 6) is -1.18. The van der Waals surface area contributed by atoms with Crippen molar-refractivity contribution in [1.29, 1.82) is 0 Å². The summed E-state index contributed by atoms with van der Waals surface area (Å²) in [6, 6.07) is 10.1. The quantitative estimate of drug-likeness (QED) is 0.919. The summed E-state index contributed by atoms with van der Waals surface area (Å²) in [4.78, 5) is 26.5. The van der Waals surface area contributed by atoms with Crippen LogP contribution in [0.25, 0.3) is 0 Å². The van der Waals surface area contributed by atoms with E-state index in [9.17, 15) is 9.59 Å². The summed E-state index contributed by atoms with van der Waals surface area (Å²) in [6.45, 7) is 4.44. The number of amides is 1. The minimum Gasteiger partial charge on any atom is -0.478 e. The Morgan fingerprint density at radius 3 is 2.48 bits per heavy atom. The molecular formula is C16H17NO3S. The minimum atomic E-state index is -1.03. The lowest BCUT2D eigenvalue weighted by Crippen LogP contribution is -2.36. The van der Waals surface area contributed by atoms with Gasteiger partial charge in [-0.3, -0.25) is 4.79 Å². The second-order valence-electron chi connectivity index (χ2n) is 4.99. The van der Waals surface area contributed by atoms with Crippen molar-refractivity contribution in [2.45, 2.75) is 26.4 Å². The fraction of sp³-hybridized carbons (Fsp3) is 0.250. The molecule has 0 aliphatic rings. The first-order valence-corrected chi connectivity index (χ1v) is 7.53. The number of carbonyl (C=O) groups excluding carboxylic acids is 1. The van der Waals surface area contributed by atoms with Gasteiger partial charge in [0.05, 0.1) is 12.1 Å². The topological polar surface area (TPSA) is 57.6 Å². The van der Waals surface area contributed by atoms with E-state index in [0.717, 1.165) is 4.88 Å². The van der Waals surface area contributed by atoms with Crippen LogP contribution in [-0.2, 0) is 6.54 Å². The first-order chi connectivity index (χ1) is 9.99. The van der Waals surface area contributed by atoms with Crippen LogP contribution in [0.3, 0.4) is 0 Å². The van der Waals surface area contributed by atoms with Crippen LogP contribution in [0.15, 0.2) is 41.8 Å². The molecule has 0 atom stereocenters. The number of hydrogen-bond acceptors (Lipinski definition) is 3. The predicted molar refractivity (Wildman–Crippen MR) is 82.7 cm³/mol. The molecular weight excluding hydrogens is 286 g/mol. The largest absolute Gasteiger partial charge is 0.478 e. The van der Waals surface area contributed by atoms with E-state index in [0.29, 0.717) is 12.1 Å². The summed E-state index contributed by atoms with van der Waals surface area (Å²) in [7, 11) is 0. The normalized spacial score (nSPS) is 10.6. The summed E-state index contributed by atoms with van der Waals surface area (Å²) in [6.07, 6.45) is 0. The standard InChI is InChI=1S/C16H17NO3S/c1-11(2)17(10-14-7-4-8-21-14)15(18)12-5-3-6-13(9-12)16(19)20/h3-9,11H,10H2,1-2H3,(H,19,20). The highest BCUT2D eigenvalue weighted by Gasteiger charge is 2.20. The molecule has 1 heterocycles. The maximum Gasteiger partial charge on any atom is 0.335 e. The molecule has 0 saturated heterocycles. The van der Waals surface area contributed by atoms with Crippen molar-refractivity contribution in [1.82, 2.24) is 4.90 Å². The van der Waals surface area contributed by atoms with Crippen LogP contribution in [0.2, 0.25) is 0 Å². The zero-order valence-electron chi connectivity index (χ0n) is 11.9. The zero-order chi connectivity index (χ0) is 15.4. The van der Waals surface area contributed by atoms with E-state index in [1.807, 2.05) is 31.4 Å². The summed E-state index contributed by atoms with van der Waals surface area (Å²) in [5, 5.41) is 11.0. The fourth-order valence-electron chi connectivity index (χ4n) is 2.01. The third kappa shape index (κ3) is 3.70. The summed E-state index contributed by atoms with van der Waals surface area (Å²) < 4.78 is 0. The average molecular weight is 303 g/mol. The molecule has 110 valence electrons. The number of benzene rings is 1. The molecule has 0 aliphatic carbocycles. The van der Waals surface area contributed by atoms with Gasteiger partial charge in [0.2, 0.25) is 0 Å². The van der Waals surface area contributed by atoms with Gasteiger partial charge in [0.15, 0.2) is 0 Å². The fourth-order valence-corrected chi connectivity index (χ4v) is 2.71. The van der Waals surface area contributed by atoms with Gasteiger partial charge in [0.25, 0.3) is 5.91 Å². The minimum absolute atomic E-state index is 0.0353. The Bertz CT molecular complexity index is 635.